The van der Waals surface area contributed by atoms with Crippen LogP contribution < -0.4 is 10.0 Å². The molecule has 2 N–H and O–H groups in total. The second kappa shape index (κ2) is 6.31. The van der Waals surface area contributed by atoms with Crippen molar-refractivity contribution in [3.05, 3.63) is 18.3 Å². The van der Waals surface area contributed by atoms with E-state index in [1.165, 1.54) is 12.3 Å². The Balaban J connectivity index is 2.72. The van der Waals surface area contributed by atoms with Crippen LogP contribution in [0.4, 0.5) is 5.82 Å². The van der Waals surface area contributed by atoms with E-state index in [4.69, 9.17) is 0 Å². The molecule has 0 aliphatic rings. The number of rotatable bonds is 7. The third kappa shape index (κ3) is 5.53. The molecule has 0 fully saturated rings. The molecule has 0 saturated heterocycles. The van der Waals surface area contributed by atoms with Gasteiger partial charge in [0.2, 0.25) is 10.0 Å². The van der Waals surface area contributed by atoms with E-state index in [0.29, 0.717) is 12.4 Å². The summed E-state index contributed by atoms with van der Waals surface area (Å²) in [7, 11) is -6.91. The van der Waals surface area contributed by atoms with Crippen molar-refractivity contribution in [1.29, 1.82) is 0 Å². The predicted molar refractivity (Wildman–Crippen MR) is 73.3 cm³/mol. The molecule has 1 aromatic rings. The Morgan fingerprint density at radius 3 is 2.37 bits per heavy atom. The van der Waals surface area contributed by atoms with Gasteiger partial charge in [-0.15, -0.1) is 0 Å². The molecule has 0 saturated carbocycles. The van der Waals surface area contributed by atoms with Crippen LogP contribution in [0, 0.1) is 0 Å². The van der Waals surface area contributed by atoms with Crippen LogP contribution in [0.2, 0.25) is 0 Å². The summed E-state index contributed by atoms with van der Waals surface area (Å²) in [6, 6.07) is 2.96. The van der Waals surface area contributed by atoms with Gasteiger partial charge in [0.25, 0.3) is 0 Å². The lowest BCUT2D eigenvalue weighted by Crippen LogP contribution is -2.29. The first-order valence-electron chi connectivity index (χ1n) is 5.62. The number of nitrogens with zero attached hydrogens (tertiary/aromatic N) is 1. The van der Waals surface area contributed by atoms with Gasteiger partial charge in [-0.25, -0.2) is 26.5 Å². The van der Waals surface area contributed by atoms with Gasteiger partial charge in [0, 0.05) is 25.5 Å². The van der Waals surface area contributed by atoms with Gasteiger partial charge in [0.1, 0.15) is 20.6 Å². The van der Waals surface area contributed by atoms with Crippen molar-refractivity contribution >= 4 is 25.7 Å². The molecule has 0 radical (unpaired) electrons. The molecule has 0 unspecified atom stereocenters. The second-order valence-corrected chi connectivity index (χ2v) is 7.96. The van der Waals surface area contributed by atoms with Crippen molar-refractivity contribution in [3.63, 3.8) is 0 Å². The summed E-state index contributed by atoms with van der Waals surface area (Å²) in [6.07, 6.45) is 2.27. The number of hydrogen-bond donors (Lipinski definition) is 2. The van der Waals surface area contributed by atoms with Crippen LogP contribution in [-0.2, 0) is 19.9 Å². The van der Waals surface area contributed by atoms with Crippen molar-refractivity contribution in [3.8, 4) is 0 Å². The number of hydrogen-bond acceptors (Lipinski definition) is 6. The summed E-state index contributed by atoms with van der Waals surface area (Å²) in [4.78, 5) is 3.95. The number of anilines is 1. The molecule has 0 bridgehead atoms. The largest absolute Gasteiger partial charge is 0.370 e. The minimum atomic E-state index is -3.72. The third-order valence-corrected chi connectivity index (χ3v) is 4.56. The lowest BCUT2D eigenvalue weighted by Gasteiger charge is -2.07. The molecule has 0 aliphatic heterocycles. The van der Waals surface area contributed by atoms with Crippen molar-refractivity contribution < 1.29 is 16.8 Å². The highest BCUT2D eigenvalue weighted by atomic mass is 32.2. The second-order valence-electron chi connectivity index (χ2n) is 3.94. The first kappa shape index (κ1) is 15.9. The third-order valence-electron chi connectivity index (χ3n) is 2.17. The number of sulfonamides is 1. The molecule has 1 aromatic heterocycles. The summed E-state index contributed by atoms with van der Waals surface area (Å²) >= 11 is 0. The summed E-state index contributed by atoms with van der Waals surface area (Å²) in [5, 5.41) is 2.94. The van der Waals surface area contributed by atoms with E-state index < -0.39 is 19.9 Å². The van der Waals surface area contributed by atoms with E-state index in [0.717, 1.165) is 6.26 Å². The smallest absolute Gasteiger partial charge is 0.242 e. The lowest BCUT2D eigenvalue weighted by atomic mass is 10.4. The van der Waals surface area contributed by atoms with Crippen molar-refractivity contribution in [1.82, 2.24) is 9.71 Å². The molecule has 0 aromatic carbocycles. The van der Waals surface area contributed by atoms with Crippen molar-refractivity contribution in [2.75, 3.05) is 30.4 Å². The SMILES string of the molecule is CCNc1ccc(S(=O)(=O)NCCS(C)(=O)=O)cn1. The van der Waals surface area contributed by atoms with E-state index in [1.807, 2.05) is 6.92 Å². The molecule has 0 amide bonds. The van der Waals surface area contributed by atoms with Crippen LogP contribution in [0.1, 0.15) is 6.92 Å². The summed E-state index contributed by atoms with van der Waals surface area (Å²) in [5.41, 5.74) is 0. The maximum Gasteiger partial charge on any atom is 0.242 e. The summed E-state index contributed by atoms with van der Waals surface area (Å²) in [5.74, 6) is 0.340. The van der Waals surface area contributed by atoms with Gasteiger partial charge in [0.05, 0.1) is 5.75 Å². The van der Waals surface area contributed by atoms with Crippen LogP contribution in [0.15, 0.2) is 23.2 Å². The number of pyridine rings is 1. The molecule has 19 heavy (non-hydrogen) atoms. The molecule has 108 valence electrons. The molecule has 0 aliphatic carbocycles. The van der Waals surface area contributed by atoms with Crippen LogP contribution >= 0.6 is 0 Å². The minimum Gasteiger partial charge on any atom is -0.370 e. The topological polar surface area (TPSA) is 105 Å². The Morgan fingerprint density at radius 2 is 1.89 bits per heavy atom. The zero-order chi connectivity index (χ0) is 14.5. The molecule has 1 heterocycles. The van der Waals surface area contributed by atoms with Crippen molar-refractivity contribution in [2.24, 2.45) is 0 Å². The maximum atomic E-state index is 11.8. The Morgan fingerprint density at radius 1 is 1.21 bits per heavy atom. The van der Waals surface area contributed by atoms with E-state index >= 15 is 0 Å². The average molecular weight is 307 g/mol. The summed E-state index contributed by atoms with van der Waals surface area (Å²) in [6.45, 7) is 2.43. The Labute approximate surface area is 113 Å². The van der Waals surface area contributed by atoms with Gasteiger partial charge in [-0.3, -0.25) is 0 Å². The highest BCUT2D eigenvalue weighted by Gasteiger charge is 2.15. The van der Waals surface area contributed by atoms with Crippen LogP contribution in [-0.4, -0.2) is 46.9 Å². The van der Waals surface area contributed by atoms with Gasteiger partial charge in [-0.05, 0) is 19.1 Å². The lowest BCUT2D eigenvalue weighted by molar-refractivity contribution is 0.581. The Hall–Kier alpha value is -1.19. The first-order valence-corrected chi connectivity index (χ1v) is 9.16. The standard InChI is InChI=1S/C10H17N3O4S2/c1-3-11-10-5-4-9(8-12-10)19(16,17)13-6-7-18(2,14)15/h4-5,8,13H,3,6-7H2,1-2H3,(H,11,12). The molecular formula is C10H17N3O4S2. The van der Waals surface area contributed by atoms with Crippen molar-refractivity contribution in [2.45, 2.75) is 11.8 Å². The quantitative estimate of drug-likeness (QED) is 0.725. The van der Waals surface area contributed by atoms with Gasteiger partial charge >= 0.3 is 0 Å². The number of aromatic nitrogens is 1. The van der Waals surface area contributed by atoms with Crippen LogP contribution in [0.5, 0.6) is 0 Å². The van der Waals surface area contributed by atoms with E-state index in [1.54, 1.807) is 6.07 Å². The molecule has 9 heteroatoms. The van der Waals surface area contributed by atoms with Gasteiger partial charge < -0.3 is 5.32 Å². The summed E-state index contributed by atoms with van der Waals surface area (Å²) < 4.78 is 47.7. The zero-order valence-electron chi connectivity index (χ0n) is 10.8. The number of nitrogens with one attached hydrogen (secondary N) is 2. The minimum absolute atomic E-state index is 0.00246. The zero-order valence-corrected chi connectivity index (χ0v) is 12.4. The Kier molecular flexibility index (Phi) is 5.27. The Bertz CT molecular complexity index is 609. The predicted octanol–water partition coefficient (Wildman–Crippen LogP) is -0.164. The monoisotopic (exact) mass is 307 g/mol. The van der Waals surface area contributed by atoms with Gasteiger partial charge in [-0.1, -0.05) is 0 Å². The van der Waals surface area contributed by atoms with E-state index in [9.17, 15) is 16.8 Å². The van der Waals surface area contributed by atoms with E-state index in [2.05, 4.69) is 15.0 Å². The fourth-order valence-electron chi connectivity index (χ4n) is 1.27. The van der Waals surface area contributed by atoms with Crippen LogP contribution in [0.3, 0.4) is 0 Å². The highest BCUT2D eigenvalue weighted by molar-refractivity contribution is 7.91. The van der Waals surface area contributed by atoms with Gasteiger partial charge in [0.15, 0.2) is 0 Å². The first-order chi connectivity index (χ1) is 8.74. The highest BCUT2D eigenvalue weighted by Crippen LogP contribution is 2.10. The van der Waals surface area contributed by atoms with Gasteiger partial charge in [-0.2, -0.15) is 0 Å². The fourth-order valence-corrected chi connectivity index (χ4v) is 2.85. The number of sulfone groups is 1. The average Bonchev–Trinajstić information content (AvgIpc) is 2.28. The van der Waals surface area contributed by atoms with E-state index in [-0.39, 0.29) is 17.2 Å². The molecule has 7 nitrogen and oxygen atoms in total. The molecule has 0 spiro atoms. The fraction of sp³-hybridized carbons (Fsp3) is 0.500. The van der Waals surface area contributed by atoms with Crippen LogP contribution in [0.25, 0.3) is 0 Å². The molecule has 0 atom stereocenters. The maximum absolute atomic E-state index is 11.8. The molecule has 1 rings (SSSR count). The molecular weight excluding hydrogens is 290 g/mol. The normalized spacial score (nSPS) is 12.3.